The first-order valence-electron chi connectivity index (χ1n) is 12.0. The number of nitrogen functional groups attached to an aromatic ring is 1. The van der Waals surface area contributed by atoms with Crippen molar-refractivity contribution in [3.05, 3.63) is 59.2 Å². The summed E-state index contributed by atoms with van der Waals surface area (Å²) in [6, 6.07) is 10.7. The van der Waals surface area contributed by atoms with E-state index >= 15 is 0 Å². The zero-order chi connectivity index (χ0) is 27.9. The molecule has 1 saturated heterocycles. The van der Waals surface area contributed by atoms with Gasteiger partial charge in [0.1, 0.15) is 11.9 Å². The molecule has 13 heteroatoms. The van der Waals surface area contributed by atoms with Crippen molar-refractivity contribution in [2.24, 2.45) is 5.73 Å². The predicted octanol–water partition coefficient (Wildman–Crippen LogP) is 0.214. The minimum absolute atomic E-state index is 0.0458. The molecule has 0 spiro atoms. The summed E-state index contributed by atoms with van der Waals surface area (Å²) >= 11 is 0. The molecule has 12 nitrogen and oxygen atoms in total. The van der Waals surface area contributed by atoms with Crippen LogP contribution in [0.15, 0.2) is 42.5 Å². The second-order valence-corrected chi connectivity index (χ2v) is 10.4. The number of amidine groups is 1. The molecule has 0 saturated carbocycles. The molecule has 2 aromatic rings. The van der Waals surface area contributed by atoms with Gasteiger partial charge in [-0.15, -0.1) is 0 Å². The van der Waals surface area contributed by atoms with Crippen LogP contribution in [0.3, 0.4) is 0 Å². The molecule has 38 heavy (non-hydrogen) atoms. The molecule has 1 heterocycles. The molecular weight excluding hydrogens is 512 g/mol. The summed E-state index contributed by atoms with van der Waals surface area (Å²) in [6.45, 7) is 2.76. The molecule has 1 aliphatic heterocycles. The summed E-state index contributed by atoms with van der Waals surface area (Å²) in [4.78, 5) is 28.3. The first kappa shape index (κ1) is 28.9. The number of ether oxygens (including phenoxy) is 2. The van der Waals surface area contributed by atoms with E-state index < -0.39 is 22.2 Å². The topological polar surface area (TPSA) is 167 Å². The number of carbonyl (C=O) groups excluding carboxylic acids is 2. The van der Waals surface area contributed by atoms with E-state index in [1.165, 1.54) is 21.1 Å². The van der Waals surface area contributed by atoms with Gasteiger partial charge in [-0.05, 0) is 35.7 Å². The summed E-state index contributed by atoms with van der Waals surface area (Å²) in [7, 11) is -1.13. The molecule has 0 aromatic heterocycles. The van der Waals surface area contributed by atoms with Crippen molar-refractivity contribution in [3.63, 3.8) is 0 Å². The summed E-state index contributed by atoms with van der Waals surface area (Å²) in [5.74, 6) is 0.362. The fourth-order valence-corrected chi connectivity index (χ4v) is 5.14. The third kappa shape index (κ3) is 7.66. The average Bonchev–Trinajstić information content (AvgIpc) is 2.91. The Labute approximate surface area is 222 Å². The van der Waals surface area contributed by atoms with Gasteiger partial charge in [-0.1, -0.05) is 24.3 Å². The first-order chi connectivity index (χ1) is 18.0. The number of nitrogens with one attached hydrogen (secondary N) is 3. The molecule has 1 aliphatic rings. The molecule has 0 bridgehead atoms. The molecule has 2 amide bonds. The third-order valence-corrected chi connectivity index (χ3v) is 7.34. The van der Waals surface area contributed by atoms with E-state index in [-0.39, 0.29) is 24.7 Å². The number of hydrogen-bond donors (Lipinski definition) is 4. The number of methoxy groups -OCH3 is 2. The highest BCUT2D eigenvalue weighted by atomic mass is 32.2. The van der Waals surface area contributed by atoms with Crippen molar-refractivity contribution in [2.75, 3.05) is 40.4 Å². The Balaban J connectivity index is 1.77. The second kappa shape index (κ2) is 12.7. The Morgan fingerprint density at radius 3 is 2.26 bits per heavy atom. The van der Waals surface area contributed by atoms with E-state index in [1.807, 2.05) is 0 Å². The number of rotatable bonds is 11. The summed E-state index contributed by atoms with van der Waals surface area (Å²) < 4.78 is 41.5. The maximum atomic E-state index is 13.5. The molecule has 1 fully saturated rings. The van der Waals surface area contributed by atoms with Gasteiger partial charge in [0.25, 0.3) is 10.2 Å². The van der Waals surface area contributed by atoms with Crippen LogP contribution < -0.4 is 24.7 Å². The molecule has 1 unspecified atom stereocenters. The van der Waals surface area contributed by atoms with Crippen LogP contribution in [0, 0.1) is 5.41 Å². The normalized spacial score (nSPS) is 14.6. The zero-order valence-corrected chi connectivity index (χ0v) is 22.5. The Bertz CT molecular complexity index is 1280. The second-order valence-electron chi connectivity index (χ2n) is 8.83. The lowest BCUT2D eigenvalue weighted by Crippen LogP contribution is -2.57. The average molecular weight is 547 g/mol. The highest BCUT2D eigenvalue weighted by Crippen LogP contribution is 2.27. The van der Waals surface area contributed by atoms with Gasteiger partial charge in [-0.3, -0.25) is 15.0 Å². The quantitative estimate of drug-likeness (QED) is 0.231. The molecule has 0 radical (unpaired) electrons. The number of benzene rings is 2. The molecule has 5 N–H and O–H groups in total. The Hall–Kier alpha value is -3.68. The van der Waals surface area contributed by atoms with Gasteiger partial charge in [0.05, 0.1) is 14.2 Å². The molecule has 0 aliphatic carbocycles. The van der Waals surface area contributed by atoms with E-state index in [2.05, 4.69) is 9.44 Å². The van der Waals surface area contributed by atoms with Crippen LogP contribution >= 0.6 is 0 Å². The van der Waals surface area contributed by atoms with Crippen LogP contribution in [0.4, 0.5) is 0 Å². The first-order valence-corrected chi connectivity index (χ1v) is 13.5. The number of carbonyl (C=O) groups is 2. The lowest BCUT2D eigenvalue weighted by molar-refractivity contribution is -0.139. The van der Waals surface area contributed by atoms with Crippen LogP contribution in [-0.2, 0) is 32.8 Å². The summed E-state index contributed by atoms with van der Waals surface area (Å²) in [5.41, 5.74) is 7.34. The number of nitrogens with zero attached hydrogens (tertiary/aromatic N) is 2. The molecular formula is C25H34N6O6S. The van der Waals surface area contributed by atoms with E-state index in [1.54, 1.807) is 52.3 Å². The molecule has 3 rings (SSSR count). The predicted molar refractivity (Wildman–Crippen MR) is 142 cm³/mol. The Kier molecular flexibility index (Phi) is 9.66. The van der Waals surface area contributed by atoms with E-state index in [9.17, 15) is 18.0 Å². The van der Waals surface area contributed by atoms with Gasteiger partial charge in [0.2, 0.25) is 11.8 Å². The van der Waals surface area contributed by atoms with Crippen LogP contribution in [0.2, 0.25) is 0 Å². The van der Waals surface area contributed by atoms with Crippen molar-refractivity contribution < 1.29 is 27.5 Å². The molecule has 1 atom stereocenters. The number of piperazine rings is 1. The van der Waals surface area contributed by atoms with Crippen molar-refractivity contribution in [1.29, 1.82) is 5.41 Å². The van der Waals surface area contributed by atoms with Crippen LogP contribution in [-0.4, -0.2) is 82.3 Å². The summed E-state index contributed by atoms with van der Waals surface area (Å²) in [5, 5.41) is 7.68. The molecule has 206 valence electrons. The van der Waals surface area contributed by atoms with Gasteiger partial charge in [-0.25, -0.2) is 0 Å². The van der Waals surface area contributed by atoms with E-state index in [0.29, 0.717) is 54.4 Å². The Morgan fingerprint density at radius 1 is 1.00 bits per heavy atom. The number of amides is 2. The van der Waals surface area contributed by atoms with E-state index in [4.69, 9.17) is 20.6 Å². The minimum Gasteiger partial charge on any atom is -0.493 e. The van der Waals surface area contributed by atoms with Crippen LogP contribution in [0.5, 0.6) is 11.5 Å². The van der Waals surface area contributed by atoms with Gasteiger partial charge in [0, 0.05) is 45.2 Å². The third-order valence-electron chi connectivity index (χ3n) is 6.22. The van der Waals surface area contributed by atoms with Crippen LogP contribution in [0.25, 0.3) is 0 Å². The number of nitrogens with two attached hydrogens (primary N) is 1. The van der Waals surface area contributed by atoms with Crippen molar-refractivity contribution >= 4 is 27.9 Å². The number of hydrogen-bond acceptors (Lipinski definition) is 7. The largest absolute Gasteiger partial charge is 0.493 e. The van der Waals surface area contributed by atoms with Crippen molar-refractivity contribution in [1.82, 2.24) is 19.2 Å². The maximum Gasteiger partial charge on any atom is 0.277 e. The molecule has 2 aromatic carbocycles. The van der Waals surface area contributed by atoms with Crippen molar-refractivity contribution in [3.8, 4) is 11.5 Å². The Morgan fingerprint density at radius 2 is 1.66 bits per heavy atom. The van der Waals surface area contributed by atoms with Gasteiger partial charge < -0.3 is 25.0 Å². The highest BCUT2D eigenvalue weighted by Gasteiger charge is 2.31. The highest BCUT2D eigenvalue weighted by molar-refractivity contribution is 7.87. The van der Waals surface area contributed by atoms with Gasteiger partial charge >= 0.3 is 0 Å². The smallest absolute Gasteiger partial charge is 0.277 e. The van der Waals surface area contributed by atoms with Gasteiger partial charge in [-0.2, -0.15) is 17.9 Å². The van der Waals surface area contributed by atoms with Crippen molar-refractivity contribution in [2.45, 2.75) is 25.9 Å². The summed E-state index contributed by atoms with van der Waals surface area (Å²) in [6.07, 6.45) is 0.0458. The zero-order valence-electron chi connectivity index (χ0n) is 21.7. The monoisotopic (exact) mass is 546 g/mol. The fraction of sp³-hybridized carbons (Fsp3) is 0.400. The fourth-order valence-electron chi connectivity index (χ4n) is 4.14. The van der Waals surface area contributed by atoms with E-state index in [0.717, 1.165) is 0 Å². The maximum absolute atomic E-state index is 13.5. The minimum atomic E-state index is -4.12. The van der Waals surface area contributed by atoms with Gasteiger partial charge in [0.15, 0.2) is 11.5 Å². The van der Waals surface area contributed by atoms with Crippen LogP contribution in [0.1, 0.15) is 23.6 Å². The lowest BCUT2D eigenvalue weighted by atomic mass is 10.0. The lowest BCUT2D eigenvalue weighted by Gasteiger charge is -2.36. The SMILES string of the molecule is COc1ccc(CNS(=O)(=O)NC(Cc2cccc(C(=N)N)c2)C(=O)N2CCN(C(C)=O)CC2)cc1OC. The standard InChI is InChI=1S/C25H34N6O6S/c1-17(32)30-9-11-31(12-10-30)25(33)21(14-18-5-4-6-20(13-18)24(26)27)29-38(34,35)28-16-19-7-8-22(36-2)23(15-19)37-3/h4-8,13,15,21,28-29H,9-12,14,16H2,1-3H3,(H3,26,27).